The first-order valence-electron chi connectivity index (χ1n) is 5.76. The van der Waals surface area contributed by atoms with Crippen molar-refractivity contribution in [2.24, 2.45) is 5.92 Å². The molecule has 0 saturated heterocycles. The molecule has 0 radical (unpaired) electrons. The summed E-state index contributed by atoms with van der Waals surface area (Å²) in [6.07, 6.45) is 3.89. The Kier molecular flexibility index (Phi) is 3.86. The van der Waals surface area contributed by atoms with Crippen LogP contribution in [0.25, 0.3) is 0 Å². The molecule has 1 atom stereocenters. The first kappa shape index (κ1) is 12.6. The molecule has 17 heavy (non-hydrogen) atoms. The van der Waals surface area contributed by atoms with Crippen LogP contribution in [0.2, 0.25) is 0 Å². The molecule has 1 aliphatic rings. The van der Waals surface area contributed by atoms with Crippen LogP contribution in [0.4, 0.5) is 11.4 Å². The summed E-state index contributed by atoms with van der Waals surface area (Å²) in [5, 5.41) is 14.1. The van der Waals surface area contributed by atoms with E-state index in [1.54, 1.807) is 12.1 Å². The number of nitrogens with zero attached hydrogens (tertiary/aromatic N) is 1. The summed E-state index contributed by atoms with van der Waals surface area (Å²) in [5.41, 5.74) is 1.14. The Morgan fingerprint density at radius 2 is 2.29 bits per heavy atom. The lowest BCUT2D eigenvalue weighted by atomic mass is 10.1. The molecule has 1 fully saturated rings. The maximum absolute atomic E-state index is 10.7. The molecule has 5 heteroatoms. The van der Waals surface area contributed by atoms with Crippen LogP contribution in [0.1, 0.15) is 26.2 Å². The zero-order valence-corrected chi connectivity index (χ0v) is 11.8. The van der Waals surface area contributed by atoms with Crippen molar-refractivity contribution >= 4 is 34.0 Å². The molecule has 1 N–H and O–H groups in total. The number of nitro groups is 1. The molecule has 0 heterocycles. The van der Waals surface area contributed by atoms with Crippen LogP contribution in [-0.2, 0) is 0 Å². The standard InChI is InChI=1S/C12H15IN2O2/c1-8(6-9-2-3-9)14-10-4-5-12(15(16)17)11(13)7-10/h4-5,7-9,14H,2-3,6H2,1H3. The second kappa shape index (κ2) is 5.20. The summed E-state index contributed by atoms with van der Waals surface area (Å²) >= 11 is 2.00. The Balaban J connectivity index is 2.00. The largest absolute Gasteiger partial charge is 0.383 e. The normalized spacial score (nSPS) is 16.6. The molecule has 0 spiro atoms. The molecular weight excluding hydrogens is 331 g/mol. The third-order valence-electron chi connectivity index (χ3n) is 2.94. The molecule has 1 aromatic carbocycles. The Labute approximate surface area is 114 Å². The van der Waals surface area contributed by atoms with Gasteiger partial charge >= 0.3 is 0 Å². The lowest BCUT2D eigenvalue weighted by molar-refractivity contribution is -0.385. The van der Waals surface area contributed by atoms with Gasteiger partial charge in [0.05, 0.1) is 8.49 Å². The van der Waals surface area contributed by atoms with Crippen molar-refractivity contribution in [2.45, 2.75) is 32.2 Å². The van der Waals surface area contributed by atoms with E-state index in [-0.39, 0.29) is 10.6 Å². The van der Waals surface area contributed by atoms with Gasteiger partial charge in [0, 0.05) is 17.8 Å². The third-order valence-corrected chi connectivity index (χ3v) is 3.81. The fourth-order valence-electron chi connectivity index (χ4n) is 1.94. The minimum atomic E-state index is -0.348. The molecule has 1 aliphatic carbocycles. The summed E-state index contributed by atoms with van der Waals surface area (Å²) in [6, 6.07) is 5.61. The first-order valence-corrected chi connectivity index (χ1v) is 6.84. The van der Waals surface area contributed by atoms with Crippen LogP contribution in [-0.4, -0.2) is 11.0 Å². The van der Waals surface area contributed by atoms with E-state index in [1.165, 1.54) is 19.3 Å². The molecule has 4 nitrogen and oxygen atoms in total. The summed E-state index contributed by atoms with van der Waals surface area (Å²) in [4.78, 5) is 10.3. The predicted octanol–water partition coefficient (Wildman–Crippen LogP) is 3.80. The number of halogens is 1. The fraction of sp³-hybridized carbons (Fsp3) is 0.500. The zero-order chi connectivity index (χ0) is 12.4. The van der Waals surface area contributed by atoms with Crippen molar-refractivity contribution in [1.82, 2.24) is 0 Å². The molecule has 0 aliphatic heterocycles. The molecule has 0 aromatic heterocycles. The average Bonchev–Trinajstić information content (AvgIpc) is 3.00. The Hall–Kier alpha value is -0.850. The number of nitro benzene ring substituents is 1. The van der Waals surface area contributed by atoms with Crippen molar-refractivity contribution in [2.75, 3.05) is 5.32 Å². The van der Waals surface area contributed by atoms with Crippen molar-refractivity contribution in [3.63, 3.8) is 0 Å². The summed E-state index contributed by atoms with van der Waals surface area (Å²) in [7, 11) is 0. The molecule has 0 bridgehead atoms. The minimum absolute atomic E-state index is 0.172. The topological polar surface area (TPSA) is 55.2 Å². The first-order chi connectivity index (χ1) is 8.06. The zero-order valence-electron chi connectivity index (χ0n) is 9.65. The van der Waals surface area contributed by atoms with E-state index in [0.29, 0.717) is 9.61 Å². The highest BCUT2D eigenvalue weighted by molar-refractivity contribution is 14.1. The van der Waals surface area contributed by atoms with Crippen LogP contribution in [0.15, 0.2) is 18.2 Å². The van der Waals surface area contributed by atoms with E-state index in [4.69, 9.17) is 0 Å². The van der Waals surface area contributed by atoms with Gasteiger partial charge in [-0.2, -0.15) is 0 Å². The van der Waals surface area contributed by atoms with Crippen LogP contribution in [0.3, 0.4) is 0 Å². The molecule has 1 aromatic rings. The Morgan fingerprint density at radius 1 is 1.59 bits per heavy atom. The highest BCUT2D eigenvalue weighted by Gasteiger charge is 2.23. The van der Waals surface area contributed by atoms with Gasteiger partial charge in [0.25, 0.3) is 5.69 Å². The molecule has 1 saturated carbocycles. The number of rotatable bonds is 5. The van der Waals surface area contributed by atoms with Crippen LogP contribution < -0.4 is 5.32 Å². The quantitative estimate of drug-likeness (QED) is 0.501. The van der Waals surface area contributed by atoms with Gasteiger partial charge in [-0.25, -0.2) is 0 Å². The summed E-state index contributed by atoms with van der Waals surface area (Å²) in [5.74, 6) is 0.884. The van der Waals surface area contributed by atoms with Gasteiger partial charge in [-0.05, 0) is 54.0 Å². The van der Waals surface area contributed by atoms with Crippen molar-refractivity contribution in [1.29, 1.82) is 0 Å². The molecule has 1 unspecified atom stereocenters. The van der Waals surface area contributed by atoms with Crippen LogP contribution >= 0.6 is 22.6 Å². The maximum Gasteiger partial charge on any atom is 0.282 e. The van der Waals surface area contributed by atoms with E-state index in [2.05, 4.69) is 12.2 Å². The number of benzene rings is 1. The second-order valence-electron chi connectivity index (χ2n) is 4.65. The second-order valence-corrected chi connectivity index (χ2v) is 5.81. The van der Waals surface area contributed by atoms with E-state index < -0.39 is 0 Å². The van der Waals surface area contributed by atoms with Crippen LogP contribution in [0.5, 0.6) is 0 Å². The molecule has 92 valence electrons. The fourth-order valence-corrected chi connectivity index (χ4v) is 2.65. The highest BCUT2D eigenvalue weighted by atomic mass is 127. The monoisotopic (exact) mass is 346 g/mol. The smallest absolute Gasteiger partial charge is 0.282 e. The average molecular weight is 346 g/mol. The maximum atomic E-state index is 10.7. The third kappa shape index (κ3) is 3.55. The lowest BCUT2D eigenvalue weighted by Crippen LogP contribution is -2.15. The molecular formula is C12H15IN2O2. The SMILES string of the molecule is CC(CC1CC1)Nc1ccc([N+](=O)[O-])c(I)c1. The van der Waals surface area contributed by atoms with Gasteiger partial charge in [0.2, 0.25) is 0 Å². The summed E-state index contributed by atoms with van der Waals surface area (Å²) < 4.78 is 0.677. The van der Waals surface area contributed by atoms with E-state index in [0.717, 1.165) is 11.6 Å². The van der Waals surface area contributed by atoms with Crippen molar-refractivity contribution in [3.05, 3.63) is 31.9 Å². The molecule has 2 rings (SSSR count). The van der Waals surface area contributed by atoms with E-state index in [9.17, 15) is 10.1 Å². The lowest BCUT2D eigenvalue weighted by Gasteiger charge is -2.14. The van der Waals surface area contributed by atoms with E-state index >= 15 is 0 Å². The van der Waals surface area contributed by atoms with Gasteiger partial charge in [-0.3, -0.25) is 10.1 Å². The van der Waals surface area contributed by atoms with Gasteiger partial charge < -0.3 is 5.32 Å². The number of anilines is 1. The van der Waals surface area contributed by atoms with Crippen molar-refractivity contribution < 1.29 is 4.92 Å². The number of hydrogen-bond acceptors (Lipinski definition) is 3. The Morgan fingerprint density at radius 3 is 2.82 bits per heavy atom. The minimum Gasteiger partial charge on any atom is -0.383 e. The van der Waals surface area contributed by atoms with Crippen LogP contribution in [0, 0.1) is 19.6 Å². The Bertz CT molecular complexity index is 433. The van der Waals surface area contributed by atoms with E-state index in [1.807, 2.05) is 28.7 Å². The van der Waals surface area contributed by atoms with Gasteiger partial charge in [-0.1, -0.05) is 12.8 Å². The van der Waals surface area contributed by atoms with Gasteiger partial charge in [-0.15, -0.1) is 0 Å². The number of hydrogen-bond donors (Lipinski definition) is 1. The highest BCUT2D eigenvalue weighted by Crippen LogP contribution is 2.34. The van der Waals surface area contributed by atoms with Gasteiger partial charge in [0.15, 0.2) is 0 Å². The van der Waals surface area contributed by atoms with Crippen molar-refractivity contribution in [3.8, 4) is 0 Å². The molecule has 0 amide bonds. The summed E-state index contributed by atoms with van der Waals surface area (Å²) in [6.45, 7) is 2.16. The predicted molar refractivity (Wildman–Crippen MR) is 76.2 cm³/mol. The van der Waals surface area contributed by atoms with Gasteiger partial charge in [0.1, 0.15) is 0 Å². The number of nitrogens with one attached hydrogen (secondary N) is 1.